The van der Waals surface area contributed by atoms with Crippen LogP contribution in [0.5, 0.6) is 0 Å². The van der Waals surface area contributed by atoms with E-state index < -0.39 is 75.5 Å². The van der Waals surface area contributed by atoms with E-state index in [9.17, 15) is 26.7 Å². The lowest BCUT2D eigenvalue weighted by Crippen LogP contribution is -2.51. The molecule has 0 aliphatic carbocycles. The van der Waals surface area contributed by atoms with Crippen molar-refractivity contribution >= 4 is 34.5 Å². The number of carbonyl (C=O) groups excluding carboxylic acids is 1. The number of rotatable bonds is 6. The third-order valence-corrected chi connectivity index (χ3v) is 4.79. The molecule has 1 atom stereocenters. The van der Waals surface area contributed by atoms with Gasteiger partial charge in [-0.05, 0) is 19.1 Å². The van der Waals surface area contributed by atoms with E-state index in [0.717, 1.165) is 19.1 Å². The fraction of sp³-hybridized carbons (Fsp3) is 0.333. The number of carbonyl (C=O) groups is 1. The van der Waals surface area contributed by atoms with Crippen LogP contribution < -0.4 is 22.5 Å². The van der Waals surface area contributed by atoms with Gasteiger partial charge in [0.05, 0.1) is 5.57 Å². The van der Waals surface area contributed by atoms with Crippen LogP contribution in [0, 0.1) is 5.82 Å². The zero-order chi connectivity index (χ0) is 25.4. The molecule has 1 aromatic heterocycles. The van der Waals surface area contributed by atoms with E-state index in [1.807, 2.05) is 0 Å². The molecule has 0 saturated carbocycles. The second-order valence-electron chi connectivity index (χ2n) is 7.07. The van der Waals surface area contributed by atoms with Gasteiger partial charge in [-0.2, -0.15) is 8.78 Å². The molecule has 0 aromatic carbocycles. The number of aliphatic imine (C=N–C) groups is 2. The fourth-order valence-electron chi connectivity index (χ4n) is 2.49. The van der Waals surface area contributed by atoms with Gasteiger partial charge in [-0.1, -0.05) is 18.2 Å². The van der Waals surface area contributed by atoms with Crippen molar-refractivity contribution in [3.8, 4) is 0 Å². The van der Waals surface area contributed by atoms with Crippen molar-refractivity contribution in [2.75, 3.05) is 11.9 Å². The molecule has 0 bridgehead atoms. The average molecular weight is 496 g/mol. The lowest BCUT2D eigenvalue weighted by Gasteiger charge is -2.36. The molecule has 0 radical (unpaired) electrons. The molecule has 1 aromatic rings. The molecule has 15 heteroatoms. The van der Waals surface area contributed by atoms with Crippen LogP contribution in [0.3, 0.4) is 0 Å². The molecule has 0 spiro atoms. The highest BCUT2D eigenvalue weighted by molar-refractivity contribution is 6.70. The molecule has 0 saturated heterocycles. The first kappa shape index (κ1) is 25.8. The van der Waals surface area contributed by atoms with Crippen molar-refractivity contribution in [1.82, 2.24) is 4.98 Å². The highest BCUT2D eigenvalue weighted by Gasteiger charge is 2.57. The maximum absolute atomic E-state index is 14.5. The molecule has 7 N–H and O–H groups in total. The molecular weight excluding hydrogens is 477 g/mol. The summed E-state index contributed by atoms with van der Waals surface area (Å²) in [5, 5.41) is 1.23. The van der Waals surface area contributed by atoms with Gasteiger partial charge in [0, 0.05) is 6.92 Å². The van der Waals surface area contributed by atoms with Gasteiger partial charge >= 0.3 is 5.92 Å². The summed E-state index contributed by atoms with van der Waals surface area (Å²) in [5.41, 5.74) is 11.0. The third-order valence-electron chi connectivity index (χ3n) is 4.47. The molecule has 0 unspecified atom stereocenters. The van der Waals surface area contributed by atoms with Gasteiger partial charge < -0.3 is 27.3 Å². The van der Waals surface area contributed by atoms with E-state index in [0.29, 0.717) is 6.92 Å². The maximum atomic E-state index is 14.5. The van der Waals surface area contributed by atoms with Crippen LogP contribution in [0.15, 0.2) is 45.8 Å². The first-order valence-electron chi connectivity index (χ1n) is 8.91. The standard InChI is InChI=1S/C18H19ClF5N7O2/c1-7(17(3,21)22)12(19)30-10(13(25)26)14(32)29-9-5-4-8(20)11(28-9)16(2)18(23,24)6-33-15(27)31-16/h4-5H,1,6,25-26H2,2-3H3,(H2,27,31)(H,28,29,32)/t16-/m1/s1. The van der Waals surface area contributed by atoms with Crippen molar-refractivity contribution in [2.24, 2.45) is 27.2 Å². The zero-order valence-electron chi connectivity index (χ0n) is 17.2. The highest BCUT2D eigenvalue weighted by atomic mass is 35.5. The molecule has 1 aliphatic heterocycles. The van der Waals surface area contributed by atoms with Gasteiger partial charge in [-0.15, -0.1) is 0 Å². The maximum Gasteiger partial charge on any atom is 0.311 e. The summed E-state index contributed by atoms with van der Waals surface area (Å²) in [4.78, 5) is 23.2. The monoisotopic (exact) mass is 495 g/mol. The lowest BCUT2D eigenvalue weighted by molar-refractivity contribution is -0.118. The van der Waals surface area contributed by atoms with Crippen LogP contribution in [-0.4, -0.2) is 40.5 Å². The third kappa shape index (κ3) is 5.32. The Bertz CT molecular complexity index is 1080. The molecule has 1 aliphatic rings. The van der Waals surface area contributed by atoms with Gasteiger partial charge in [-0.25, -0.2) is 28.1 Å². The molecular formula is C18H19ClF5N7O2. The van der Waals surface area contributed by atoms with E-state index in [1.54, 1.807) is 0 Å². The van der Waals surface area contributed by atoms with Crippen LogP contribution in [0.1, 0.15) is 19.5 Å². The summed E-state index contributed by atoms with van der Waals surface area (Å²) >= 11 is 5.67. The highest BCUT2D eigenvalue weighted by Crippen LogP contribution is 2.43. The van der Waals surface area contributed by atoms with E-state index >= 15 is 0 Å². The van der Waals surface area contributed by atoms with Gasteiger partial charge in [0.25, 0.3) is 17.9 Å². The Hall–Kier alpha value is -3.42. The Kier molecular flexibility index (Phi) is 6.92. The van der Waals surface area contributed by atoms with Gasteiger partial charge in [0.15, 0.2) is 17.8 Å². The predicted octanol–water partition coefficient (Wildman–Crippen LogP) is 2.29. The fourth-order valence-corrected chi connectivity index (χ4v) is 2.74. The number of pyridine rings is 1. The summed E-state index contributed by atoms with van der Waals surface area (Å²) in [6.45, 7) is 3.26. The minimum absolute atomic E-state index is 0.446. The summed E-state index contributed by atoms with van der Waals surface area (Å²) in [6.07, 6.45) is 0. The number of aromatic nitrogens is 1. The second kappa shape index (κ2) is 8.84. The summed E-state index contributed by atoms with van der Waals surface area (Å²) in [5.74, 6) is -10.7. The van der Waals surface area contributed by atoms with Crippen LogP contribution >= 0.6 is 11.6 Å². The Morgan fingerprint density at radius 1 is 1.36 bits per heavy atom. The number of amides is 1. The van der Waals surface area contributed by atoms with Crippen molar-refractivity contribution in [1.29, 1.82) is 0 Å². The smallest absolute Gasteiger partial charge is 0.311 e. The Morgan fingerprint density at radius 2 is 1.97 bits per heavy atom. The molecule has 2 rings (SSSR count). The molecule has 2 heterocycles. The molecule has 180 valence electrons. The normalized spacial score (nSPS) is 20.4. The number of hydrogen-bond acceptors (Lipinski definition) is 8. The predicted molar refractivity (Wildman–Crippen MR) is 111 cm³/mol. The molecule has 9 nitrogen and oxygen atoms in total. The van der Waals surface area contributed by atoms with E-state index in [4.69, 9.17) is 28.8 Å². The number of anilines is 1. The summed E-state index contributed by atoms with van der Waals surface area (Å²) in [6, 6.07) is 1.06. The molecule has 33 heavy (non-hydrogen) atoms. The van der Waals surface area contributed by atoms with Crippen molar-refractivity contribution in [3.63, 3.8) is 0 Å². The van der Waals surface area contributed by atoms with Crippen molar-refractivity contribution < 1.29 is 31.5 Å². The van der Waals surface area contributed by atoms with Gasteiger partial charge in [0.2, 0.25) is 0 Å². The summed E-state index contributed by atoms with van der Waals surface area (Å²) < 4.78 is 74.7. The van der Waals surface area contributed by atoms with E-state index in [1.165, 1.54) is 0 Å². The number of nitrogens with zero attached hydrogens (tertiary/aromatic N) is 3. The van der Waals surface area contributed by atoms with Crippen molar-refractivity contribution in [2.45, 2.75) is 31.2 Å². The van der Waals surface area contributed by atoms with Gasteiger partial charge in [-0.3, -0.25) is 4.79 Å². The minimum Gasteiger partial charge on any atom is -0.459 e. The van der Waals surface area contributed by atoms with Crippen molar-refractivity contribution in [3.05, 3.63) is 47.3 Å². The van der Waals surface area contributed by atoms with Crippen LogP contribution in [0.4, 0.5) is 27.8 Å². The van der Waals surface area contributed by atoms with Gasteiger partial charge in [0.1, 0.15) is 28.3 Å². The second-order valence-corrected chi connectivity index (χ2v) is 7.43. The number of amidine groups is 1. The van der Waals surface area contributed by atoms with Crippen LogP contribution in [-0.2, 0) is 15.1 Å². The van der Waals surface area contributed by atoms with Crippen LogP contribution in [0.2, 0.25) is 0 Å². The topological polar surface area (TPSA) is 154 Å². The largest absolute Gasteiger partial charge is 0.459 e. The molecule has 0 fully saturated rings. The number of nitrogens with two attached hydrogens (primary N) is 3. The SMILES string of the molecule is C=C(C(Cl)=NC(C(=O)Nc1ccc(F)c([C@@]2(C)N=C(N)OCC2(F)F)n1)=C(N)N)C(C)(F)F. The first-order valence-corrected chi connectivity index (χ1v) is 9.28. The summed E-state index contributed by atoms with van der Waals surface area (Å²) in [7, 11) is 0. The Labute approximate surface area is 189 Å². The number of allylic oxidation sites excluding steroid dienone is 1. The quantitative estimate of drug-likeness (QED) is 0.270. The number of alkyl halides is 4. The van der Waals surface area contributed by atoms with E-state index in [2.05, 4.69) is 31.6 Å². The Balaban J connectivity index is 2.44. The minimum atomic E-state index is -3.72. The Morgan fingerprint density at radius 3 is 2.52 bits per heavy atom. The average Bonchev–Trinajstić information content (AvgIpc) is 2.69. The number of halogens is 6. The lowest BCUT2D eigenvalue weighted by atomic mass is 9.89. The van der Waals surface area contributed by atoms with Crippen LogP contribution in [0.25, 0.3) is 0 Å². The number of hydrogen-bond donors (Lipinski definition) is 4. The number of nitrogens with one attached hydrogen (secondary N) is 1. The first-order chi connectivity index (χ1) is 15.0. The number of ether oxygens (including phenoxy) is 1. The molecule has 1 amide bonds. The zero-order valence-corrected chi connectivity index (χ0v) is 18.0. The van der Waals surface area contributed by atoms with E-state index in [-0.39, 0.29) is 0 Å².